The molecular weight excluding hydrogens is 397 g/mol. The van der Waals surface area contributed by atoms with E-state index in [0.29, 0.717) is 5.92 Å². The van der Waals surface area contributed by atoms with Crippen molar-refractivity contribution in [1.29, 1.82) is 0 Å². The Kier molecular flexibility index (Phi) is 5.81. The smallest absolute Gasteiger partial charge is 0.161 e. The molecule has 2 aromatic rings. The van der Waals surface area contributed by atoms with Crippen LogP contribution in [0.1, 0.15) is 26.5 Å². The zero-order valence-electron chi connectivity index (χ0n) is 12.5. The standard InChI is InChI=1S/C16H19ClIN3/c1-4-19-16-14(18)13(9-10(2)3)20-15(21-16)11-5-7-12(17)8-6-11/h5-8,10H,4,9H2,1-3H3,(H,19,20,21). The van der Waals surface area contributed by atoms with Crippen molar-refractivity contribution in [2.75, 3.05) is 11.9 Å². The van der Waals surface area contributed by atoms with Crippen molar-refractivity contribution in [2.45, 2.75) is 27.2 Å². The van der Waals surface area contributed by atoms with Crippen LogP contribution in [0.25, 0.3) is 11.4 Å². The fourth-order valence-corrected chi connectivity index (χ4v) is 2.81. The van der Waals surface area contributed by atoms with Crippen molar-refractivity contribution >= 4 is 40.0 Å². The summed E-state index contributed by atoms with van der Waals surface area (Å²) in [6.07, 6.45) is 0.944. The van der Waals surface area contributed by atoms with E-state index < -0.39 is 0 Å². The van der Waals surface area contributed by atoms with E-state index in [2.05, 4.69) is 53.7 Å². The number of benzene rings is 1. The Labute approximate surface area is 144 Å². The van der Waals surface area contributed by atoms with Crippen LogP contribution < -0.4 is 5.32 Å². The fraction of sp³-hybridized carbons (Fsp3) is 0.375. The third-order valence-electron chi connectivity index (χ3n) is 2.97. The third-order valence-corrected chi connectivity index (χ3v) is 4.35. The quantitative estimate of drug-likeness (QED) is 0.696. The van der Waals surface area contributed by atoms with Gasteiger partial charge < -0.3 is 5.32 Å². The summed E-state index contributed by atoms with van der Waals surface area (Å²) < 4.78 is 1.11. The minimum absolute atomic E-state index is 0.556. The van der Waals surface area contributed by atoms with Gasteiger partial charge in [0.25, 0.3) is 0 Å². The average molecular weight is 416 g/mol. The first-order valence-corrected chi connectivity index (χ1v) is 8.53. The maximum Gasteiger partial charge on any atom is 0.161 e. The second kappa shape index (κ2) is 7.40. The summed E-state index contributed by atoms with van der Waals surface area (Å²) in [6.45, 7) is 7.32. The van der Waals surface area contributed by atoms with Crippen molar-refractivity contribution in [2.24, 2.45) is 5.92 Å². The van der Waals surface area contributed by atoms with Crippen LogP contribution in [0, 0.1) is 9.49 Å². The first-order chi connectivity index (χ1) is 10.0. The average Bonchev–Trinajstić information content (AvgIpc) is 2.43. The molecule has 112 valence electrons. The second-order valence-electron chi connectivity index (χ2n) is 5.29. The highest BCUT2D eigenvalue weighted by Gasteiger charge is 2.14. The van der Waals surface area contributed by atoms with Gasteiger partial charge in [0.2, 0.25) is 0 Å². The lowest BCUT2D eigenvalue weighted by Gasteiger charge is -2.13. The van der Waals surface area contributed by atoms with Crippen LogP contribution in [0.2, 0.25) is 5.02 Å². The number of nitrogens with zero attached hydrogens (tertiary/aromatic N) is 2. The van der Waals surface area contributed by atoms with Gasteiger partial charge in [-0.05, 0) is 66.1 Å². The Balaban J connectivity index is 2.49. The molecule has 0 unspecified atom stereocenters. The maximum absolute atomic E-state index is 5.95. The number of anilines is 1. The summed E-state index contributed by atoms with van der Waals surface area (Å²) in [4.78, 5) is 9.41. The lowest BCUT2D eigenvalue weighted by Crippen LogP contribution is -2.09. The summed E-state index contributed by atoms with van der Waals surface area (Å²) >= 11 is 8.28. The molecule has 0 aliphatic rings. The molecule has 0 aliphatic carbocycles. The Morgan fingerprint density at radius 3 is 2.43 bits per heavy atom. The van der Waals surface area contributed by atoms with Crippen LogP contribution in [0.5, 0.6) is 0 Å². The molecule has 0 radical (unpaired) electrons. The molecule has 0 saturated heterocycles. The van der Waals surface area contributed by atoms with Gasteiger partial charge in [-0.25, -0.2) is 9.97 Å². The molecule has 2 rings (SSSR count). The molecule has 1 aromatic heterocycles. The van der Waals surface area contributed by atoms with Gasteiger partial charge in [-0.2, -0.15) is 0 Å². The van der Waals surface area contributed by atoms with Gasteiger partial charge >= 0.3 is 0 Å². The molecule has 21 heavy (non-hydrogen) atoms. The Hall–Kier alpha value is -0.880. The van der Waals surface area contributed by atoms with Crippen molar-refractivity contribution in [3.63, 3.8) is 0 Å². The van der Waals surface area contributed by atoms with Crippen LogP contribution >= 0.6 is 34.2 Å². The number of aromatic nitrogens is 2. The number of halogens is 2. The van der Waals surface area contributed by atoms with Crippen LogP contribution in [0.15, 0.2) is 24.3 Å². The zero-order chi connectivity index (χ0) is 15.4. The lowest BCUT2D eigenvalue weighted by atomic mass is 10.1. The van der Waals surface area contributed by atoms with Crippen molar-refractivity contribution in [1.82, 2.24) is 9.97 Å². The Morgan fingerprint density at radius 2 is 1.86 bits per heavy atom. The van der Waals surface area contributed by atoms with E-state index >= 15 is 0 Å². The van der Waals surface area contributed by atoms with E-state index in [9.17, 15) is 0 Å². The number of nitrogens with one attached hydrogen (secondary N) is 1. The normalized spacial score (nSPS) is 11.0. The predicted molar refractivity (Wildman–Crippen MR) is 97.9 cm³/mol. The van der Waals surface area contributed by atoms with Crippen LogP contribution in [0.3, 0.4) is 0 Å². The summed E-state index contributed by atoms with van der Waals surface area (Å²) in [5.74, 6) is 2.22. The number of rotatable bonds is 5. The molecule has 0 saturated carbocycles. The van der Waals surface area contributed by atoms with Gasteiger partial charge in [0.15, 0.2) is 5.82 Å². The molecule has 1 aromatic carbocycles. The lowest BCUT2D eigenvalue weighted by molar-refractivity contribution is 0.632. The van der Waals surface area contributed by atoms with Crippen molar-refractivity contribution in [3.05, 3.63) is 38.6 Å². The SMILES string of the molecule is CCNc1nc(-c2ccc(Cl)cc2)nc(CC(C)C)c1I. The summed E-state index contributed by atoms with van der Waals surface area (Å²) in [6, 6.07) is 7.65. The van der Waals surface area contributed by atoms with Gasteiger partial charge in [-0.3, -0.25) is 0 Å². The van der Waals surface area contributed by atoms with E-state index in [4.69, 9.17) is 16.6 Å². The van der Waals surface area contributed by atoms with Crippen molar-refractivity contribution in [3.8, 4) is 11.4 Å². The summed E-state index contributed by atoms with van der Waals surface area (Å²) in [7, 11) is 0. The highest BCUT2D eigenvalue weighted by Crippen LogP contribution is 2.26. The highest BCUT2D eigenvalue weighted by atomic mass is 127. The van der Waals surface area contributed by atoms with E-state index in [1.807, 2.05) is 24.3 Å². The van der Waals surface area contributed by atoms with Crippen LogP contribution in [0.4, 0.5) is 5.82 Å². The van der Waals surface area contributed by atoms with E-state index in [1.165, 1.54) is 0 Å². The molecule has 1 N–H and O–H groups in total. The molecule has 5 heteroatoms. The van der Waals surface area contributed by atoms with E-state index in [-0.39, 0.29) is 0 Å². The first kappa shape index (κ1) is 16.5. The molecule has 0 bridgehead atoms. The topological polar surface area (TPSA) is 37.8 Å². The molecule has 0 atom stereocenters. The first-order valence-electron chi connectivity index (χ1n) is 7.07. The van der Waals surface area contributed by atoms with Gasteiger partial charge in [0.05, 0.1) is 9.26 Å². The molecule has 3 nitrogen and oxygen atoms in total. The van der Waals surface area contributed by atoms with Gasteiger partial charge in [0, 0.05) is 17.1 Å². The Bertz CT molecular complexity index is 612. The van der Waals surface area contributed by atoms with Gasteiger partial charge in [0.1, 0.15) is 5.82 Å². The fourth-order valence-electron chi connectivity index (χ4n) is 2.03. The van der Waals surface area contributed by atoms with Crippen LogP contribution in [-0.2, 0) is 6.42 Å². The third kappa shape index (κ3) is 4.30. The summed E-state index contributed by atoms with van der Waals surface area (Å²) in [5.41, 5.74) is 2.08. The van der Waals surface area contributed by atoms with Crippen LogP contribution in [-0.4, -0.2) is 16.5 Å². The number of hydrogen-bond donors (Lipinski definition) is 1. The largest absolute Gasteiger partial charge is 0.369 e. The Morgan fingerprint density at radius 1 is 1.19 bits per heavy atom. The van der Waals surface area contributed by atoms with E-state index in [0.717, 1.165) is 44.5 Å². The zero-order valence-corrected chi connectivity index (χ0v) is 15.4. The molecule has 0 fully saturated rings. The van der Waals surface area contributed by atoms with Gasteiger partial charge in [-0.15, -0.1) is 0 Å². The molecular formula is C16H19ClIN3. The predicted octanol–water partition coefficient (Wildman–Crippen LogP) is 5.03. The van der Waals surface area contributed by atoms with Gasteiger partial charge in [-0.1, -0.05) is 25.4 Å². The minimum atomic E-state index is 0.556. The summed E-state index contributed by atoms with van der Waals surface area (Å²) in [5, 5.41) is 4.05. The van der Waals surface area contributed by atoms with Crippen molar-refractivity contribution < 1.29 is 0 Å². The number of hydrogen-bond acceptors (Lipinski definition) is 3. The monoisotopic (exact) mass is 415 g/mol. The molecule has 0 amide bonds. The van der Waals surface area contributed by atoms with E-state index in [1.54, 1.807) is 0 Å². The molecule has 0 spiro atoms. The minimum Gasteiger partial charge on any atom is -0.369 e. The highest BCUT2D eigenvalue weighted by molar-refractivity contribution is 14.1. The second-order valence-corrected chi connectivity index (χ2v) is 6.81. The molecule has 0 aliphatic heterocycles. The maximum atomic E-state index is 5.95. The molecule has 1 heterocycles.